The van der Waals surface area contributed by atoms with E-state index in [4.69, 9.17) is 4.74 Å². The molecule has 0 N–H and O–H groups in total. The van der Waals surface area contributed by atoms with Crippen molar-refractivity contribution in [3.63, 3.8) is 0 Å². The lowest BCUT2D eigenvalue weighted by atomic mass is 10.2. The van der Waals surface area contributed by atoms with Crippen LogP contribution in [0.1, 0.15) is 31.3 Å². The van der Waals surface area contributed by atoms with Crippen molar-refractivity contribution in [1.29, 1.82) is 0 Å². The van der Waals surface area contributed by atoms with E-state index in [0.29, 0.717) is 31.9 Å². The summed E-state index contributed by atoms with van der Waals surface area (Å²) in [5, 5.41) is 0. The molecule has 0 unspecified atom stereocenters. The number of piperazine rings is 1. The van der Waals surface area contributed by atoms with Crippen LogP contribution < -0.4 is 0 Å². The average Bonchev–Trinajstić information content (AvgIpc) is 3.10. The number of nitrogens with zero attached hydrogens (tertiary/aromatic N) is 4. The molecule has 0 radical (unpaired) electrons. The summed E-state index contributed by atoms with van der Waals surface area (Å²) >= 11 is 0. The van der Waals surface area contributed by atoms with Gasteiger partial charge in [0.2, 0.25) is 0 Å². The first kappa shape index (κ1) is 18.0. The van der Waals surface area contributed by atoms with Crippen LogP contribution in [0, 0.1) is 0 Å². The summed E-state index contributed by atoms with van der Waals surface area (Å²) < 4.78 is 7.17. The van der Waals surface area contributed by atoms with Crippen LogP contribution in [0.2, 0.25) is 0 Å². The third-order valence-electron chi connectivity index (χ3n) is 4.11. The number of carbonyl (C=O) groups excluding carboxylic acids is 2. The molecule has 0 spiro atoms. The van der Waals surface area contributed by atoms with E-state index in [2.05, 4.69) is 4.98 Å². The number of imidazole rings is 1. The summed E-state index contributed by atoms with van der Waals surface area (Å²) in [6.07, 6.45) is 2.88. The minimum absolute atomic E-state index is 0.0878. The highest BCUT2D eigenvalue weighted by Crippen LogP contribution is 2.16. The number of hydrogen-bond acceptors (Lipinski definition) is 4. The largest absolute Gasteiger partial charge is 0.444 e. The van der Waals surface area contributed by atoms with E-state index in [1.165, 1.54) is 0 Å². The Morgan fingerprint density at radius 2 is 1.62 bits per heavy atom. The summed E-state index contributed by atoms with van der Waals surface area (Å²) in [4.78, 5) is 32.6. The molecule has 7 heteroatoms. The minimum atomic E-state index is -0.522. The van der Waals surface area contributed by atoms with Gasteiger partial charge < -0.3 is 14.5 Å². The van der Waals surface area contributed by atoms with Crippen LogP contribution in [-0.4, -0.2) is 63.1 Å². The molecule has 2 heterocycles. The number of rotatable bonds is 2. The molecule has 3 rings (SSSR count). The molecular weight excluding hydrogens is 332 g/mol. The van der Waals surface area contributed by atoms with Gasteiger partial charge in [0, 0.05) is 31.9 Å². The predicted molar refractivity (Wildman–Crippen MR) is 97.3 cm³/mol. The fourth-order valence-electron chi connectivity index (χ4n) is 2.83. The number of ether oxygens (including phenoxy) is 1. The van der Waals surface area contributed by atoms with E-state index in [0.717, 1.165) is 5.69 Å². The molecule has 0 aliphatic carbocycles. The highest BCUT2D eigenvalue weighted by molar-refractivity contribution is 5.93. The molecule has 1 fully saturated rings. The van der Waals surface area contributed by atoms with Crippen molar-refractivity contribution in [2.45, 2.75) is 26.4 Å². The molecule has 1 aromatic carbocycles. The standard InChI is InChI=1S/C19H24N4O3/c1-19(2,3)26-18(25)22-11-9-21(10-12-22)17(24)16-13-20-14-23(16)15-7-5-4-6-8-15/h4-8,13-14H,9-12H2,1-3H3. The third kappa shape index (κ3) is 4.04. The maximum Gasteiger partial charge on any atom is 0.410 e. The van der Waals surface area contributed by atoms with Gasteiger partial charge in [-0.1, -0.05) is 18.2 Å². The second-order valence-corrected chi connectivity index (χ2v) is 7.24. The Hall–Kier alpha value is -2.83. The molecule has 7 nitrogen and oxygen atoms in total. The molecular formula is C19H24N4O3. The normalized spacial score (nSPS) is 15.0. The van der Waals surface area contributed by atoms with Crippen LogP contribution >= 0.6 is 0 Å². The van der Waals surface area contributed by atoms with E-state index in [-0.39, 0.29) is 12.0 Å². The zero-order valence-electron chi connectivity index (χ0n) is 15.4. The smallest absolute Gasteiger partial charge is 0.410 e. The Morgan fingerprint density at radius 3 is 2.23 bits per heavy atom. The quantitative estimate of drug-likeness (QED) is 0.829. The Labute approximate surface area is 153 Å². The maximum absolute atomic E-state index is 12.9. The first-order valence-electron chi connectivity index (χ1n) is 8.70. The fraction of sp³-hybridized carbons (Fsp3) is 0.421. The van der Waals surface area contributed by atoms with Gasteiger partial charge in [0.1, 0.15) is 11.3 Å². The average molecular weight is 356 g/mol. The zero-order chi connectivity index (χ0) is 18.7. The molecule has 2 aromatic rings. The number of amides is 2. The third-order valence-corrected chi connectivity index (χ3v) is 4.11. The molecule has 138 valence electrons. The van der Waals surface area contributed by atoms with Gasteiger partial charge in [-0.05, 0) is 32.9 Å². The van der Waals surface area contributed by atoms with Crippen LogP contribution in [0.15, 0.2) is 42.9 Å². The fourth-order valence-corrected chi connectivity index (χ4v) is 2.83. The molecule has 1 aliphatic heterocycles. The molecule has 1 aliphatic rings. The van der Waals surface area contributed by atoms with Crippen molar-refractivity contribution in [2.75, 3.05) is 26.2 Å². The van der Waals surface area contributed by atoms with E-state index in [9.17, 15) is 9.59 Å². The van der Waals surface area contributed by atoms with Gasteiger partial charge in [0.15, 0.2) is 0 Å². The first-order chi connectivity index (χ1) is 12.3. The topological polar surface area (TPSA) is 67.7 Å². The van der Waals surface area contributed by atoms with E-state index >= 15 is 0 Å². The van der Waals surface area contributed by atoms with E-state index in [1.54, 1.807) is 26.9 Å². The van der Waals surface area contributed by atoms with Crippen molar-refractivity contribution in [2.24, 2.45) is 0 Å². The summed E-state index contributed by atoms with van der Waals surface area (Å²) in [6, 6.07) is 9.63. The monoisotopic (exact) mass is 356 g/mol. The molecule has 0 bridgehead atoms. The Morgan fingerprint density at radius 1 is 1.00 bits per heavy atom. The number of hydrogen-bond donors (Lipinski definition) is 0. The van der Waals surface area contributed by atoms with Crippen molar-refractivity contribution in [3.05, 3.63) is 48.5 Å². The minimum Gasteiger partial charge on any atom is -0.444 e. The van der Waals surface area contributed by atoms with Gasteiger partial charge in [-0.15, -0.1) is 0 Å². The second kappa shape index (κ2) is 7.19. The summed E-state index contributed by atoms with van der Waals surface area (Å²) in [5.41, 5.74) is 0.884. The number of carbonyl (C=O) groups is 2. The lowest BCUT2D eigenvalue weighted by Gasteiger charge is -2.35. The maximum atomic E-state index is 12.9. The highest BCUT2D eigenvalue weighted by atomic mass is 16.6. The Bertz CT molecular complexity index is 772. The number of aromatic nitrogens is 2. The van der Waals surface area contributed by atoms with Crippen LogP contribution in [0.25, 0.3) is 5.69 Å². The number of para-hydroxylation sites is 1. The molecule has 1 aromatic heterocycles. The Kier molecular flexibility index (Phi) is 4.97. The van der Waals surface area contributed by atoms with Crippen LogP contribution in [-0.2, 0) is 4.74 Å². The van der Waals surface area contributed by atoms with Crippen molar-refractivity contribution >= 4 is 12.0 Å². The second-order valence-electron chi connectivity index (χ2n) is 7.24. The van der Waals surface area contributed by atoms with Crippen LogP contribution in [0.3, 0.4) is 0 Å². The predicted octanol–water partition coefficient (Wildman–Crippen LogP) is 2.57. The van der Waals surface area contributed by atoms with Crippen LogP contribution in [0.5, 0.6) is 0 Å². The molecule has 0 saturated carbocycles. The van der Waals surface area contributed by atoms with Gasteiger partial charge >= 0.3 is 6.09 Å². The molecule has 0 atom stereocenters. The zero-order valence-corrected chi connectivity index (χ0v) is 15.4. The van der Waals surface area contributed by atoms with Crippen molar-refractivity contribution in [1.82, 2.24) is 19.4 Å². The van der Waals surface area contributed by atoms with Gasteiger partial charge in [-0.25, -0.2) is 9.78 Å². The summed E-state index contributed by atoms with van der Waals surface area (Å²) in [7, 11) is 0. The highest BCUT2D eigenvalue weighted by Gasteiger charge is 2.29. The molecule has 26 heavy (non-hydrogen) atoms. The SMILES string of the molecule is CC(C)(C)OC(=O)N1CCN(C(=O)c2cncn2-c2ccccc2)CC1. The van der Waals surface area contributed by atoms with E-state index < -0.39 is 5.60 Å². The molecule has 1 saturated heterocycles. The summed E-state index contributed by atoms with van der Waals surface area (Å²) in [5.74, 6) is -0.0878. The number of benzene rings is 1. The molecule has 2 amide bonds. The van der Waals surface area contributed by atoms with Gasteiger partial charge in [-0.2, -0.15) is 0 Å². The van der Waals surface area contributed by atoms with Crippen molar-refractivity contribution < 1.29 is 14.3 Å². The van der Waals surface area contributed by atoms with Crippen molar-refractivity contribution in [3.8, 4) is 5.69 Å². The lowest BCUT2D eigenvalue weighted by molar-refractivity contribution is 0.0140. The van der Waals surface area contributed by atoms with E-state index in [1.807, 2.05) is 51.1 Å². The Balaban J connectivity index is 1.65. The van der Waals surface area contributed by atoms with Gasteiger partial charge in [-0.3, -0.25) is 9.36 Å². The van der Waals surface area contributed by atoms with Gasteiger partial charge in [0.05, 0.1) is 12.5 Å². The van der Waals surface area contributed by atoms with Gasteiger partial charge in [0.25, 0.3) is 5.91 Å². The summed E-state index contributed by atoms with van der Waals surface area (Å²) in [6.45, 7) is 7.39. The van der Waals surface area contributed by atoms with Crippen LogP contribution in [0.4, 0.5) is 4.79 Å². The lowest BCUT2D eigenvalue weighted by Crippen LogP contribution is -2.51. The first-order valence-corrected chi connectivity index (χ1v) is 8.70.